The van der Waals surface area contributed by atoms with Gasteiger partial charge in [0.2, 0.25) is 0 Å². The lowest BCUT2D eigenvalue weighted by Gasteiger charge is -2.16. The first kappa shape index (κ1) is 15.6. The van der Waals surface area contributed by atoms with Crippen molar-refractivity contribution in [3.05, 3.63) is 51.7 Å². The Morgan fingerprint density at radius 3 is 2.30 bits per heavy atom. The summed E-state index contributed by atoms with van der Waals surface area (Å²) < 4.78 is 0. The van der Waals surface area contributed by atoms with Crippen molar-refractivity contribution >= 4 is 23.1 Å². The van der Waals surface area contributed by atoms with E-state index in [0.29, 0.717) is 6.04 Å². The quantitative estimate of drug-likeness (QED) is 0.728. The predicted octanol–water partition coefficient (Wildman–Crippen LogP) is 4.93. The highest BCUT2D eigenvalue weighted by atomic mass is 32.2. The van der Waals surface area contributed by atoms with Gasteiger partial charge in [-0.1, -0.05) is 26.0 Å². The van der Waals surface area contributed by atoms with Gasteiger partial charge in [0.25, 0.3) is 0 Å². The van der Waals surface area contributed by atoms with Crippen LogP contribution in [0.5, 0.6) is 0 Å². The van der Waals surface area contributed by atoms with E-state index in [2.05, 4.69) is 55.6 Å². The van der Waals surface area contributed by atoms with Gasteiger partial charge in [-0.2, -0.15) is 0 Å². The second kappa shape index (κ2) is 7.87. The van der Waals surface area contributed by atoms with Crippen LogP contribution in [0, 0.1) is 0 Å². The summed E-state index contributed by atoms with van der Waals surface area (Å²) >= 11 is 3.83. The number of thioether (sulfide) groups is 1. The van der Waals surface area contributed by atoms with Gasteiger partial charge in [-0.3, -0.25) is 0 Å². The molecule has 1 aromatic carbocycles. The van der Waals surface area contributed by atoms with Gasteiger partial charge in [-0.25, -0.2) is 0 Å². The molecule has 0 aliphatic rings. The van der Waals surface area contributed by atoms with E-state index in [1.807, 2.05) is 30.1 Å². The summed E-state index contributed by atoms with van der Waals surface area (Å²) in [5.41, 5.74) is 1.37. The highest BCUT2D eigenvalue weighted by Gasteiger charge is 2.11. The maximum absolute atomic E-state index is 3.45. The van der Waals surface area contributed by atoms with Gasteiger partial charge in [0.05, 0.1) is 0 Å². The molecule has 1 N–H and O–H groups in total. The molecule has 0 spiro atoms. The molecule has 108 valence electrons. The Bertz CT molecular complexity index is 516. The van der Waals surface area contributed by atoms with Crippen molar-refractivity contribution in [3.8, 4) is 0 Å². The molecule has 3 heteroatoms. The molecule has 0 saturated heterocycles. The molecule has 0 saturated carbocycles. The molecule has 1 heterocycles. The van der Waals surface area contributed by atoms with Crippen LogP contribution in [-0.2, 0) is 12.8 Å². The van der Waals surface area contributed by atoms with E-state index in [1.165, 1.54) is 20.2 Å². The minimum Gasteiger partial charge on any atom is -0.313 e. The Morgan fingerprint density at radius 1 is 1.05 bits per heavy atom. The highest BCUT2D eigenvalue weighted by Crippen LogP contribution is 2.26. The third-order valence-corrected chi connectivity index (χ3v) is 5.56. The number of benzene rings is 1. The van der Waals surface area contributed by atoms with Crippen molar-refractivity contribution in [1.82, 2.24) is 5.32 Å². The van der Waals surface area contributed by atoms with Gasteiger partial charge < -0.3 is 5.32 Å². The Kier molecular flexibility index (Phi) is 6.14. The van der Waals surface area contributed by atoms with E-state index < -0.39 is 0 Å². The summed E-state index contributed by atoms with van der Waals surface area (Å²) in [4.78, 5) is 4.30. The minimum absolute atomic E-state index is 0.402. The van der Waals surface area contributed by atoms with Crippen molar-refractivity contribution in [2.45, 2.75) is 37.6 Å². The number of aryl methyl sites for hydroxylation is 1. The predicted molar refractivity (Wildman–Crippen MR) is 92.0 cm³/mol. The van der Waals surface area contributed by atoms with Crippen molar-refractivity contribution in [3.63, 3.8) is 0 Å². The molecule has 2 rings (SSSR count). The van der Waals surface area contributed by atoms with Crippen molar-refractivity contribution in [1.29, 1.82) is 0 Å². The number of thiophene rings is 1. The van der Waals surface area contributed by atoms with Gasteiger partial charge in [0, 0.05) is 27.1 Å². The summed E-state index contributed by atoms with van der Waals surface area (Å²) in [5.74, 6) is 1.13. The maximum atomic E-state index is 3.45. The van der Waals surface area contributed by atoms with E-state index in [4.69, 9.17) is 0 Å². The van der Waals surface area contributed by atoms with Crippen LogP contribution in [0.3, 0.4) is 0 Å². The number of rotatable bonds is 7. The van der Waals surface area contributed by atoms with E-state index in [9.17, 15) is 0 Å². The SMILES string of the molecule is CCSc1ccc(C(Cc2ccc(CC)s2)NC)cc1. The van der Waals surface area contributed by atoms with E-state index in [0.717, 1.165) is 18.6 Å². The van der Waals surface area contributed by atoms with Gasteiger partial charge in [-0.15, -0.1) is 23.1 Å². The molecule has 0 aliphatic carbocycles. The van der Waals surface area contributed by atoms with Crippen LogP contribution in [0.4, 0.5) is 0 Å². The van der Waals surface area contributed by atoms with Gasteiger partial charge >= 0.3 is 0 Å². The average molecular weight is 306 g/mol. The van der Waals surface area contributed by atoms with Crippen LogP contribution >= 0.6 is 23.1 Å². The zero-order chi connectivity index (χ0) is 14.4. The molecule has 0 bridgehead atoms. The van der Waals surface area contributed by atoms with Gasteiger partial charge in [-0.05, 0) is 49.1 Å². The number of nitrogens with one attached hydrogen (secondary N) is 1. The summed E-state index contributed by atoms with van der Waals surface area (Å²) in [6.45, 7) is 4.41. The Balaban J connectivity index is 2.07. The molecule has 20 heavy (non-hydrogen) atoms. The van der Waals surface area contributed by atoms with Crippen molar-refractivity contribution in [2.24, 2.45) is 0 Å². The van der Waals surface area contributed by atoms with Crippen LogP contribution < -0.4 is 5.32 Å². The van der Waals surface area contributed by atoms with E-state index >= 15 is 0 Å². The van der Waals surface area contributed by atoms with E-state index in [-0.39, 0.29) is 0 Å². The fourth-order valence-electron chi connectivity index (χ4n) is 2.27. The lowest BCUT2D eigenvalue weighted by molar-refractivity contribution is 0.596. The van der Waals surface area contributed by atoms with E-state index in [1.54, 1.807) is 0 Å². The molecule has 1 aromatic heterocycles. The minimum atomic E-state index is 0.402. The first-order valence-corrected chi connectivity index (χ1v) is 9.04. The molecule has 2 aromatic rings. The molecular formula is C17H23NS2. The topological polar surface area (TPSA) is 12.0 Å². The smallest absolute Gasteiger partial charge is 0.0366 e. The average Bonchev–Trinajstić information content (AvgIpc) is 2.94. The van der Waals surface area contributed by atoms with Crippen LogP contribution in [-0.4, -0.2) is 12.8 Å². The van der Waals surface area contributed by atoms with Gasteiger partial charge in [0.15, 0.2) is 0 Å². The fraction of sp³-hybridized carbons (Fsp3) is 0.412. The molecule has 0 radical (unpaired) electrons. The molecule has 1 nitrogen and oxygen atoms in total. The number of likely N-dealkylation sites (N-methyl/N-ethyl adjacent to an activating group) is 1. The molecule has 0 amide bonds. The summed E-state index contributed by atoms with van der Waals surface area (Å²) in [5, 5.41) is 3.45. The van der Waals surface area contributed by atoms with Gasteiger partial charge in [0.1, 0.15) is 0 Å². The Morgan fingerprint density at radius 2 is 1.75 bits per heavy atom. The van der Waals surface area contributed by atoms with Crippen LogP contribution in [0.15, 0.2) is 41.3 Å². The fourth-order valence-corrected chi connectivity index (χ4v) is 3.94. The zero-order valence-electron chi connectivity index (χ0n) is 12.5. The van der Waals surface area contributed by atoms with Crippen LogP contribution in [0.1, 0.15) is 35.2 Å². The first-order valence-electron chi connectivity index (χ1n) is 7.24. The van der Waals surface area contributed by atoms with Crippen LogP contribution in [0.2, 0.25) is 0 Å². The number of hydrogen-bond acceptors (Lipinski definition) is 3. The number of hydrogen-bond donors (Lipinski definition) is 1. The first-order chi connectivity index (χ1) is 9.76. The third-order valence-electron chi connectivity index (χ3n) is 3.41. The molecule has 0 aliphatic heterocycles. The standard InChI is InChI=1S/C17H23NS2/c1-4-14-10-11-16(20-14)12-17(18-3)13-6-8-15(9-7-13)19-5-2/h6-11,17-18H,4-5,12H2,1-3H3. The molecule has 0 fully saturated rings. The summed E-state index contributed by atoms with van der Waals surface area (Å²) in [6.07, 6.45) is 2.21. The zero-order valence-corrected chi connectivity index (χ0v) is 14.1. The Hall–Kier alpha value is -0.770. The molecule has 1 atom stereocenters. The second-order valence-corrected chi connectivity index (χ2v) is 7.36. The lowest BCUT2D eigenvalue weighted by atomic mass is 10.0. The van der Waals surface area contributed by atoms with Crippen molar-refractivity contribution < 1.29 is 0 Å². The molecule has 1 unspecified atom stereocenters. The Labute approximate surface area is 130 Å². The monoisotopic (exact) mass is 305 g/mol. The normalized spacial score (nSPS) is 12.6. The summed E-state index contributed by atoms with van der Waals surface area (Å²) in [7, 11) is 2.05. The summed E-state index contributed by atoms with van der Waals surface area (Å²) in [6, 6.07) is 13.9. The van der Waals surface area contributed by atoms with Crippen LogP contribution in [0.25, 0.3) is 0 Å². The van der Waals surface area contributed by atoms with Crippen molar-refractivity contribution in [2.75, 3.05) is 12.8 Å². The third kappa shape index (κ3) is 4.11. The highest BCUT2D eigenvalue weighted by molar-refractivity contribution is 7.99. The second-order valence-electron chi connectivity index (χ2n) is 4.77. The largest absolute Gasteiger partial charge is 0.313 e. The lowest BCUT2D eigenvalue weighted by Crippen LogP contribution is -2.18. The molecular weight excluding hydrogens is 282 g/mol. The maximum Gasteiger partial charge on any atom is 0.0366 e.